The number of halogens is 2. The number of rotatable bonds is 5. The van der Waals surface area contributed by atoms with Gasteiger partial charge in [0.15, 0.2) is 0 Å². The van der Waals surface area contributed by atoms with Crippen molar-refractivity contribution in [3.8, 4) is 0 Å². The van der Waals surface area contributed by atoms with Gasteiger partial charge in [-0.05, 0) is 33.4 Å². The first kappa shape index (κ1) is 15.8. The third-order valence-corrected chi connectivity index (χ3v) is 4.70. The molecule has 102 valence electrons. The zero-order valence-corrected chi connectivity index (χ0v) is 13.2. The van der Waals surface area contributed by atoms with Gasteiger partial charge >= 0.3 is 5.97 Å². The van der Waals surface area contributed by atoms with Crippen molar-refractivity contribution in [3.63, 3.8) is 0 Å². The molecule has 0 aromatic carbocycles. The molecular formula is C12H17Cl2NO2S. The molecule has 1 aromatic heterocycles. The van der Waals surface area contributed by atoms with Gasteiger partial charge in [0, 0.05) is 11.6 Å². The van der Waals surface area contributed by atoms with E-state index in [4.69, 9.17) is 23.2 Å². The van der Waals surface area contributed by atoms with Gasteiger partial charge in [0.25, 0.3) is 0 Å². The zero-order chi connectivity index (χ0) is 14.1. The molecule has 18 heavy (non-hydrogen) atoms. The van der Waals surface area contributed by atoms with E-state index in [0.29, 0.717) is 15.2 Å². The molecule has 0 amide bonds. The second-order valence-electron chi connectivity index (χ2n) is 4.61. The van der Waals surface area contributed by atoms with E-state index in [9.17, 15) is 9.90 Å². The second-order valence-corrected chi connectivity index (χ2v) is 6.89. The van der Waals surface area contributed by atoms with Crippen molar-refractivity contribution in [2.45, 2.75) is 39.3 Å². The molecule has 1 rings (SSSR count). The maximum Gasteiger partial charge on any atom is 0.323 e. The molecule has 0 saturated heterocycles. The Labute approximate surface area is 121 Å². The highest BCUT2D eigenvalue weighted by molar-refractivity contribution is 7.20. The van der Waals surface area contributed by atoms with Crippen molar-refractivity contribution < 1.29 is 9.90 Å². The maximum absolute atomic E-state index is 11.3. The minimum absolute atomic E-state index is 0.0997. The fraction of sp³-hybridized carbons (Fsp3) is 0.583. The number of aliphatic carboxylic acids is 1. The summed E-state index contributed by atoms with van der Waals surface area (Å²) in [6, 6.07) is 1.71. The lowest BCUT2D eigenvalue weighted by atomic mass is 9.98. The molecule has 0 bridgehead atoms. The van der Waals surface area contributed by atoms with E-state index in [0.717, 1.165) is 5.56 Å². The van der Waals surface area contributed by atoms with Gasteiger partial charge < -0.3 is 5.11 Å². The third kappa shape index (κ3) is 2.99. The second kappa shape index (κ2) is 5.78. The Balaban J connectivity index is 3.10. The Morgan fingerprint density at radius 2 is 2.11 bits per heavy atom. The molecule has 1 heterocycles. The number of likely N-dealkylation sites (N-methyl/N-ethyl adjacent to an activating group) is 1. The van der Waals surface area contributed by atoms with Crippen LogP contribution in [0.25, 0.3) is 0 Å². The SMILES string of the molecule is CCN(C(C)c1cc(Cl)sc1Cl)C(C)(C)C(=O)O. The van der Waals surface area contributed by atoms with Crippen molar-refractivity contribution >= 4 is 40.5 Å². The van der Waals surface area contributed by atoms with Crippen LogP contribution in [-0.2, 0) is 4.79 Å². The molecule has 1 unspecified atom stereocenters. The van der Waals surface area contributed by atoms with E-state index in [2.05, 4.69) is 0 Å². The molecule has 0 fully saturated rings. The molecule has 3 nitrogen and oxygen atoms in total. The predicted molar refractivity (Wildman–Crippen MR) is 76.8 cm³/mol. The Bertz CT molecular complexity index is 445. The summed E-state index contributed by atoms with van der Waals surface area (Å²) in [6.45, 7) is 7.88. The molecule has 0 aliphatic rings. The van der Waals surface area contributed by atoms with Gasteiger partial charge in [0.05, 0.1) is 8.67 Å². The summed E-state index contributed by atoms with van der Waals surface area (Å²) < 4.78 is 1.23. The Kier molecular flexibility index (Phi) is 5.06. The summed E-state index contributed by atoms with van der Waals surface area (Å²) in [7, 11) is 0. The van der Waals surface area contributed by atoms with Crippen LogP contribution in [0.3, 0.4) is 0 Å². The summed E-state index contributed by atoms with van der Waals surface area (Å²) in [4.78, 5) is 13.2. The van der Waals surface area contributed by atoms with Gasteiger partial charge in [-0.2, -0.15) is 0 Å². The third-order valence-electron chi connectivity index (χ3n) is 3.18. The van der Waals surface area contributed by atoms with E-state index in [1.54, 1.807) is 19.9 Å². The number of carboxylic acids is 1. The lowest BCUT2D eigenvalue weighted by Gasteiger charge is -2.38. The Morgan fingerprint density at radius 3 is 2.44 bits per heavy atom. The Morgan fingerprint density at radius 1 is 1.56 bits per heavy atom. The number of thiophene rings is 1. The largest absolute Gasteiger partial charge is 0.480 e. The summed E-state index contributed by atoms with van der Waals surface area (Å²) in [6.07, 6.45) is 0. The topological polar surface area (TPSA) is 40.5 Å². The van der Waals surface area contributed by atoms with E-state index in [-0.39, 0.29) is 6.04 Å². The minimum atomic E-state index is -0.952. The van der Waals surface area contributed by atoms with Crippen LogP contribution in [0.15, 0.2) is 6.07 Å². The number of carboxylic acid groups (broad SMARTS) is 1. The molecule has 0 aliphatic heterocycles. The van der Waals surface area contributed by atoms with E-state index >= 15 is 0 Å². The van der Waals surface area contributed by atoms with Crippen LogP contribution in [0.4, 0.5) is 0 Å². The quantitative estimate of drug-likeness (QED) is 0.881. The minimum Gasteiger partial charge on any atom is -0.480 e. The summed E-state index contributed by atoms with van der Waals surface area (Å²) in [5.74, 6) is -0.853. The predicted octanol–water partition coefficient (Wildman–Crippen LogP) is 4.30. The maximum atomic E-state index is 11.3. The first-order valence-electron chi connectivity index (χ1n) is 5.66. The van der Waals surface area contributed by atoms with Crippen LogP contribution in [0.5, 0.6) is 0 Å². The van der Waals surface area contributed by atoms with Crippen LogP contribution >= 0.6 is 34.5 Å². The molecule has 6 heteroatoms. The van der Waals surface area contributed by atoms with Crippen LogP contribution in [-0.4, -0.2) is 28.1 Å². The molecule has 0 radical (unpaired) electrons. The lowest BCUT2D eigenvalue weighted by Crippen LogP contribution is -2.50. The van der Waals surface area contributed by atoms with Crippen molar-refractivity contribution in [1.82, 2.24) is 4.90 Å². The van der Waals surface area contributed by atoms with Gasteiger partial charge in [0.1, 0.15) is 5.54 Å². The summed E-state index contributed by atoms with van der Waals surface area (Å²) >= 11 is 13.4. The van der Waals surface area contributed by atoms with Gasteiger partial charge in [-0.1, -0.05) is 30.1 Å². The molecular weight excluding hydrogens is 293 g/mol. The van der Waals surface area contributed by atoms with Crippen LogP contribution in [0, 0.1) is 0 Å². The number of hydrogen-bond acceptors (Lipinski definition) is 3. The monoisotopic (exact) mass is 309 g/mol. The first-order chi connectivity index (χ1) is 8.21. The van der Waals surface area contributed by atoms with Crippen LogP contribution < -0.4 is 0 Å². The Hall–Kier alpha value is -0.290. The molecule has 1 N–H and O–H groups in total. The molecule has 0 saturated carbocycles. The van der Waals surface area contributed by atoms with E-state index < -0.39 is 11.5 Å². The standard InChI is InChI=1S/C12H17Cl2NO2S/c1-5-15(12(3,4)11(16)17)7(2)8-6-9(13)18-10(8)14/h6-7H,5H2,1-4H3,(H,16,17). The fourth-order valence-electron chi connectivity index (χ4n) is 2.08. The highest BCUT2D eigenvalue weighted by Crippen LogP contribution is 2.39. The highest BCUT2D eigenvalue weighted by Gasteiger charge is 2.37. The lowest BCUT2D eigenvalue weighted by molar-refractivity contribution is -0.150. The molecule has 1 aromatic rings. The number of carbonyl (C=O) groups is 1. The van der Waals surface area contributed by atoms with Crippen LogP contribution in [0.2, 0.25) is 8.67 Å². The highest BCUT2D eigenvalue weighted by atomic mass is 35.5. The summed E-state index contributed by atoms with van der Waals surface area (Å²) in [5, 5.41) is 9.31. The number of nitrogens with zero attached hydrogens (tertiary/aromatic N) is 1. The smallest absolute Gasteiger partial charge is 0.323 e. The van der Waals surface area contributed by atoms with Gasteiger partial charge in [-0.15, -0.1) is 11.3 Å². The van der Waals surface area contributed by atoms with Gasteiger partial charge in [-0.3, -0.25) is 9.69 Å². The average molecular weight is 310 g/mol. The molecule has 0 spiro atoms. The number of hydrogen-bond donors (Lipinski definition) is 1. The van der Waals surface area contributed by atoms with Crippen molar-refractivity contribution in [3.05, 3.63) is 20.3 Å². The van der Waals surface area contributed by atoms with Crippen molar-refractivity contribution in [2.75, 3.05) is 6.54 Å². The van der Waals surface area contributed by atoms with Gasteiger partial charge in [-0.25, -0.2) is 0 Å². The normalized spacial score (nSPS) is 13.9. The van der Waals surface area contributed by atoms with E-state index in [1.807, 2.05) is 18.7 Å². The van der Waals surface area contributed by atoms with Crippen molar-refractivity contribution in [2.24, 2.45) is 0 Å². The van der Waals surface area contributed by atoms with E-state index in [1.165, 1.54) is 11.3 Å². The molecule has 1 atom stereocenters. The molecule has 0 aliphatic carbocycles. The zero-order valence-electron chi connectivity index (χ0n) is 10.8. The average Bonchev–Trinajstić information content (AvgIpc) is 2.58. The van der Waals surface area contributed by atoms with Crippen LogP contribution in [0.1, 0.15) is 39.3 Å². The van der Waals surface area contributed by atoms with Crippen molar-refractivity contribution in [1.29, 1.82) is 0 Å². The first-order valence-corrected chi connectivity index (χ1v) is 7.23. The van der Waals surface area contributed by atoms with Gasteiger partial charge in [0.2, 0.25) is 0 Å². The summed E-state index contributed by atoms with van der Waals surface area (Å²) in [5.41, 5.74) is -0.0748. The fourth-order valence-corrected chi connectivity index (χ4v) is 3.72.